The highest BCUT2D eigenvalue weighted by molar-refractivity contribution is 5.41. The van der Waals surface area contributed by atoms with E-state index in [0.717, 1.165) is 30.6 Å². The van der Waals surface area contributed by atoms with Crippen molar-refractivity contribution in [3.63, 3.8) is 0 Å². The Bertz CT molecular complexity index is 478. The van der Waals surface area contributed by atoms with Crippen LogP contribution < -0.4 is 10.5 Å². The molecule has 0 radical (unpaired) electrons. The summed E-state index contributed by atoms with van der Waals surface area (Å²) in [4.78, 5) is 2.58. The molecule has 0 bridgehead atoms. The largest absolute Gasteiger partial charge is 0.493 e. The average molecular weight is 288 g/mol. The summed E-state index contributed by atoms with van der Waals surface area (Å²) >= 11 is 0. The molecule has 2 heterocycles. The van der Waals surface area contributed by atoms with Gasteiger partial charge in [0, 0.05) is 19.0 Å². The van der Waals surface area contributed by atoms with E-state index in [1.807, 2.05) is 0 Å². The van der Waals surface area contributed by atoms with Crippen molar-refractivity contribution in [1.82, 2.24) is 4.90 Å². The van der Waals surface area contributed by atoms with Crippen LogP contribution in [0.4, 0.5) is 0 Å². The van der Waals surface area contributed by atoms with E-state index in [4.69, 9.17) is 10.5 Å². The van der Waals surface area contributed by atoms with E-state index in [1.165, 1.54) is 37.1 Å². The first-order valence-electron chi connectivity index (χ1n) is 8.38. The number of piperidine rings is 1. The summed E-state index contributed by atoms with van der Waals surface area (Å²) in [6.45, 7) is 8.58. The molecule has 0 aromatic heterocycles. The van der Waals surface area contributed by atoms with Gasteiger partial charge < -0.3 is 10.5 Å². The first-order valence-corrected chi connectivity index (χ1v) is 8.38. The molecule has 1 fully saturated rings. The van der Waals surface area contributed by atoms with Gasteiger partial charge in [-0.3, -0.25) is 4.90 Å². The molecule has 1 saturated heterocycles. The first kappa shape index (κ1) is 14.9. The van der Waals surface area contributed by atoms with E-state index in [0.29, 0.717) is 12.6 Å². The number of hydrogen-bond acceptors (Lipinski definition) is 3. The molecule has 2 aliphatic rings. The van der Waals surface area contributed by atoms with Crippen LogP contribution in [-0.2, 0) is 6.42 Å². The lowest BCUT2D eigenvalue weighted by atomic mass is 9.85. The summed E-state index contributed by atoms with van der Waals surface area (Å²) in [5, 5.41) is 0. The Morgan fingerprint density at radius 1 is 1.29 bits per heavy atom. The van der Waals surface area contributed by atoms with Gasteiger partial charge in [0.2, 0.25) is 0 Å². The van der Waals surface area contributed by atoms with Gasteiger partial charge in [0.05, 0.1) is 6.61 Å². The fourth-order valence-electron chi connectivity index (χ4n) is 3.81. The lowest BCUT2D eigenvalue weighted by Gasteiger charge is -2.38. The van der Waals surface area contributed by atoms with Gasteiger partial charge in [-0.1, -0.05) is 26.0 Å². The molecule has 2 aliphatic heterocycles. The topological polar surface area (TPSA) is 38.5 Å². The van der Waals surface area contributed by atoms with Crippen molar-refractivity contribution in [2.45, 2.75) is 39.2 Å². The SMILES string of the molecule is CC(C)C1CCN(C(CN)c2ccc3c(c2)CCO3)CC1. The average Bonchev–Trinajstić information content (AvgIpc) is 2.96. The number of benzene rings is 1. The van der Waals surface area contributed by atoms with Crippen molar-refractivity contribution in [3.05, 3.63) is 29.3 Å². The predicted octanol–water partition coefficient (Wildman–Crippen LogP) is 2.99. The molecule has 0 aliphatic carbocycles. The minimum Gasteiger partial charge on any atom is -0.493 e. The Balaban J connectivity index is 1.71. The molecule has 1 unspecified atom stereocenters. The van der Waals surface area contributed by atoms with Gasteiger partial charge in [-0.05, 0) is 55.0 Å². The van der Waals surface area contributed by atoms with E-state index in [1.54, 1.807) is 0 Å². The zero-order chi connectivity index (χ0) is 14.8. The van der Waals surface area contributed by atoms with E-state index in [2.05, 4.69) is 36.9 Å². The van der Waals surface area contributed by atoms with Crippen molar-refractivity contribution >= 4 is 0 Å². The van der Waals surface area contributed by atoms with Crippen LogP contribution >= 0.6 is 0 Å². The minimum absolute atomic E-state index is 0.365. The third-order valence-corrected chi connectivity index (χ3v) is 5.28. The van der Waals surface area contributed by atoms with E-state index in [9.17, 15) is 0 Å². The molecule has 2 N–H and O–H groups in total. The Kier molecular flexibility index (Phi) is 4.51. The lowest BCUT2D eigenvalue weighted by Crippen LogP contribution is -2.40. The molecule has 3 nitrogen and oxygen atoms in total. The predicted molar refractivity (Wildman–Crippen MR) is 86.6 cm³/mol. The highest BCUT2D eigenvalue weighted by Crippen LogP contribution is 2.33. The molecule has 0 saturated carbocycles. The van der Waals surface area contributed by atoms with E-state index >= 15 is 0 Å². The molecule has 3 heteroatoms. The minimum atomic E-state index is 0.365. The van der Waals surface area contributed by atoms with Gasteiger partial charge in [0.25, 0.3) is 0 Å². The van der Waals surface area contributed by atoms with E-state index < -0.39 is 0 Å². The van der Waals surface area contributed by atoms with Crippen LogP contribution in [-0.4, -0.2) is 31.1 Å². The summed E-state index contributed by atoms with van der Waals surface area (Å²) in [6.07, 6.45) is 3.65. The van der Waals surface area contributed by atoms with Crippen LogP contribution in [0.3, 0.4) is 0 Å². The van der Waals surface area contributed by atoms with Gasteiger partial charge in [0.15, 0.2) is 0 Å². The molecule has 1 aromatic carbocycles. The van der Waals surface area contributed by atoms with Crippen LogP contribution in [0.15, 0.2) is 18.2 Å². The van der Waals surface area contributed by atoms with Crippen LogP contribution in [0, 0.1) is 11.8 Å². The Morgan fingerprint density at radius 2 is 2.05 bits per heavy atom. The standard InChI is InChI=1S/C18H28N2O/c1-13(2)14-5-8-20(9-6-14)17(12-19)15-3-4-18-16(11-15)7-10-21-18/h3-4,11,13-14,17H,5-10,12,19H2,1-2H3. The van der Waals surface area contributed by atoms with Crippen molar-refractivity contribution in [2.75, 3.05) is 26.2 Å². The second-order valence-corrected chi connectivity index (χ2v) is 6.83. The maximum Gasteiger partial charge on any atom is 0.122 e. The quantitative estimate of drug-likeness (QED) is 0.925. The van der Waals surface area contributed by atoms with Crippen LogP contribution in [0.2, 0.25) is 0 Å². The second-order valence-electron chi connectivity index (χ2n) is 6.83. The number of rotatable bonds is 4. The maximum atomic E-state index is 6.10. The highest BCUT2D eigenvalue weighted by atomic mass is 16.5. The summed E-state index contributed by atoms with van der Waals surface area (Å²) in [6, 6.07) is 7.01. The van der Waals surface area contributed by atoms with E-state index in [-0.39, 0.29) is 0 Å². The number of nitrogens with zero attached hydrogens (tertiary/aromatic N) is 1. The number of ether oxygens (including phenoxy) is 1. The number of fused-ring (bicyclic) bond motifs is 1. The molecule has 1 aromatic rings. The molecule has 0 amide bonds. The molecule has 0 spiro atoms. The second kappa shape index (κ2) is 6.37. The third kappa shape index (κ3) is 3.09. The summed E-state index contributed by atoms with van der Waals surface area (Å²) in [7, 11) is 0. The molecule has 3 rings (SSSR count). The van der Waals surface area contributed by atoms with Crippen LogP contribution in [0.25, 0.3) is 0 Å². The normalized spacial score (nSPS) is 21.3. The van der Waals surface area contributed by atoms with Gasteiger partial charge >= 0.3 is 0 Å². The third-order valence-electron chi connectivity index (χ3n) is 5.28. The van der Waals surface area contributed by atoms with Gasteiger partial charge in [-0.25, -0.2) is 0 Å². The zero-order valence-electron chi connectivity index (χ0n) is 13.3. The first-order chi connectivity index (χ1) is 10.2. The number of nitrogens with two attached hydrogens (primary N) is 1. The number of hydrogen-bond donors (Lipinski definition) is 1. The fraction of sp³-hybridized carbons (Fsp3) is 0.667. The molecular formula is C18H28N2O. The Morgan fingerprint density at radius 3 is 2.71 bits per heavy atom. The smallest absolute Gasteiger partial charge is 0.122 e. The van der Waals surface area contributed by atoms with Gasteiger partial charge in [-0.15, -0.1) is 0 Å². The van der Waals surface area contributed by atoms with Crippen molar-refractivity contribution in [3.8, 4) is 5.75 Å². The zero-order valence-corrected chi connectivity index (χ0v) is 13.3. The van der Waals surface area contributed by atoms with Gasteiger partial charge in [0.1, 0.15) is 5.75 Å². The monoisotopic (exact) mass is 288 g/mol. The Hall–Kier alpha value is -1.06. The summed E-state index contributed by atoms with van der Waals surface area (Å²) < 4.78 is 5.61. The summed E-state index contributed by atoms with van der Waals surface area (Å²) in [5.74, 6) is 2.75. The maximum absolute atomic E-state index is 6.10. The summed E-state index contributed by atoms with van der Waals surface area (Å²) in [5.41, 5.74) is 8.82. The number of likely N-dealkylation sites (tertiary alicyclic amines) is 1. The molecule has 116 valence electrons. The Labute approximate surface area is 128 Å². The van der Waals surface area contributed by atoms with Crippen molar-refractivity contribution < 1.29 is 4.74 Å². The van der Waals surface area contributed by atoms with Crippen molar-refractivity contribution in [1.29, 1.82) is 0 Å². The molecule has 21 heavy (non-hydrogen) atoms. The van der Waals surface area contributed by atoms with Gasteiger partial charge in [-0.2, -0.15) is 0 Å². The van der Waals surface area contributed by atoms with Crippen LogP contribution in [0.1, 0.15) is 43.9 Å². The van der Waals surface area contributed by atoms with Crippen LogP contribution in [0.5, 0.6) is 5.75 Å². The highest BCUT2D eigenvalue weighted by Gasteiger charge is 2.27. The van der Waals surface area contributed by atoms with Crippen molar-refractivity contribution in [2.24, 2.45) is 17.6 Å². The lowest BCUT2D eigenvalue weighted by molar-refractivity contribution is 0.117. The molecular weight excluding hydrogens is 260 g/mol. The fourth-order valence-corrected chi connectivity index (χ4v) is 3.81. The molecule has 1 atom stereocenters.